The van der Waals surface area contributed by atoms with E-state index in [0.717, 1.165) is 35.0 Å². The molecule has 5 aliphatic rings. The third kappa shape index (κ3) is 6.05. The second kappa shape index (κ2) is 15.3. The van der Waals surface area contributed by atoms with Crippen LogP contribution in [0.15, 0.2) is 200 Å². The van der Waals surface area contributed by atoms with Gasteiger partial charge in [-0.2, -0.15) is 0 Å². The Morgan fingerprint density at radius 2 is 0.930 bits per heavy atom. The highest BCUT2D eigenvalue weighted by Gasteiger charge is 2.84. The highest BCUT2D eigenvalue weighted by molar-refractivity contribution is 6.09. The number of para-hydroxylation sites is 3. The third-order valence-corrected chi connectivity index (χ3v) is 18.6. The van der Waals surface area contributed by atoms with Crippen molar-refractivity contribution in [2.45, 2.75) is 83.5 Å². The van der Waals surface area contributed by atoms with Crippen molar-refractivity contribution in [2.24, 2.45) is 29.1 Å². The summed E-state index contributed by atoms with van der Waals surface area (Å²) in [6, 6.07) is 76.7. The van der Waals surface area contributed by atoms with Crippen molar-refractivity contribution < 1.29 is 0 Å². The van der Waals surface area contributed by atoms with Gasteiger partial charge in [0.05, 0.1) is 17.1 Å². The summed E-state index contributed by atoms with van der Waals surface area (Å²) in [7, 11) is 0. The van der Waals surface area contributed by atoms with E-state index in [1.54, 1.807) is 11.1 Å². The Labute approximate surface area is 421 Å². The molecule has 0 aliphatic heterocycles. The van der Waals surface area contributed by atoms with Crippen LogP contribution in [-0.4, -0.2) is 0 Å². The van der Waals surface area contributed by atoms with E-state index in [4.69, 9.17) is 0 Å². The first-order chi connectivity index (χ1) is 34.4. The van der Waals surface area contributed by atoms with Crippen LogP contribution in [0.2, 0.25) is 0 Å². The van der Waals surface area contributed by atoms with Crippen molar-refractivity contribution >= 4 is 27.8 Å². The number of rotatable bonds is 7. The van der Waals surface area contributed by atoms with Gasteiger partial charge in [0.1, 0.15) is 0 Å². The Kier molecular flexibility index (Phi) is 9.22. The Morgan fingerprint density at radius 1 is 0.394 bits per heavy atom. The molecule has 0 heterocycles. The highest BCUT2D eigenvalue weighted by Crippen LogP contribution is 2.89. The van der Waals surface area contributed by atoms with E-state index in [1.165, 1.54) is 109 Å². The lowest BCUT2D eigenvalue weighted by Crippen LogP contribution is -2.73. The first-order valence-electron chi connectivity index (χ1n) is 26.5. The zero-order chi connectivity index (χ0) is 48.0. The van der Waals surface area contributed by atoms with E-state index < -0.39 is 0 Å². The van der Waals surface area contributed by atoms with Gasteiger partial charge in [-0.1, -0.05) is 217 Å². The van der Waals surface area contributed by atoms with E-state index in [0.29, 0.717) is 5.41 Å². The molecule has 6 atom stereocenters. The molecule has 5 aliphatic carbocycles. The van der Waals surface area contributed by atoms with Gasteiger partial charge in [0.2, 0.25) is 0 Å². The zero-order valence-electron chi connectivity index (χ0n) is 42.1. The van der Waals surface area contributed by atoms with Gasteiger partial charge in [-0.25, -0.2) is 0 Å². The molecular weight excluding hydrogens is 855 g/mol. The van der Waals surface area contributed by atoms with Crippen molar-refractivity contribution in [3.63, 3.8) is 0 Å². The maximum Gasteiger partial charge on any atom is 0.0540 e. The molecule has 71 heavy (non-hydrogen) atoms. The molecule has 2 bridgehead atoms. The summed E-state index contributed by atoms with van der Waals surface area (Å²) in [5.41, 5.74) is 23.0. The van der Waals surface area contributed by atoms with Crippen LogP contribution in [-0.2, 0) is 16.2 Å². The first-order valence-corrected chi connectivity index (χ1v) is 26.5. The number of hydrogen-bond donors (Lipinski definition) is 0. The Bertz CT molecular complexity index is 3580. The normalized spacial score (nSPS) is 23.2. The molecule has 9 aromatic rings. The molecule has 6 unspecified atom stereocenters. The molecule has 1 nitrogen and oxygen atoms in total. The Morgan fingerprint density at radius 3 is 1.59 bits per heavy atom. The lowest BCUT2D eigenvalue weighted by atomic mass is 9.27. The van der Waals surface area contributed by atoms with Crippen LogP contribution in [0.4, 0.5) is 17.1 Å². The van der Waals surface area contributed by atoms with Crippen molar-refractivity contribution in [1.82, 2.24) is 0 Å². The number of benzene rings is 9. The fraction of sp³-hybridized carbons (Fsp3) is 0.257. The van der Waals surface area contributed by atoms with Crippen LogP contribution in [0.1, 0.15) is 89.5 Å². The molecular formula is C70H63N. The fourth-order valence-corrected chi connectivity index (χ4v) is 15.7. The van der Waals surface area contributed by atoms with Crippen molar-refractivity contribution in [3.05, 3.63) is 222 Å². The fourth-order valence-electron chi connectivity index (χ4n) is 15.7. The van der Waals surface area contributed by atoms with E-state index in [9.17, 15) is 0 Å². The summed E-state index contributed by atoms with van der Waals surface area (Å²) < 4.78 is 0. The minimum Gasteiger partial charge on any atom is -0.309 e. The van der Waals surface area contributed by atoms with Gasteiger partial charge in [0, 0.05) is 22.1 Å². The van der Waals surface area contributed by atoms with Crippen LogP contribution >= 0.6 is 0 Å². The van der Waals surface area contributed by atoms with Crippen LogP contribution in [0.25, 0.3) is 66.4 Å². The molecule has 0 amide bonds. The summed E-state index contributed by atoms with van der Waals surface area (Å²) in [6.07, 6.45) is 5.76. The average molecular weight is 918 g/mol. The van der Waals surface area contributed by atoms with Crippen molar-refractivity contribution in [2.75, 3.05) is 4.90 Å². The SMILES string of the molecule is CC(C)(C)c1cc(-c2cccc3cccc(-c4ccccc4N(c4ccccc4-c4ccccc4)c4ccccc4-c4ccc5c(c4)C4(c6ccccc6-5)C5CC6CC7CC4C75C6)c23)cc(C(C)(C)C)c1. The van der Waals surface area contributed by atoms with Crippen LogP contribution in [0, 0.1) is 29.1 Å². The monoisotopic (exact) mass is 917 g/mol. The summed E-state index contributed by atoms with van der Waals surface area (Å²) in [4.78, 5) is 2.59. The molecule has 2 spiro atoms. The summed E-state index contributed by atoms with van der Waals surface area (Å²) in [5.74, 6) is 3.38. The van der Waals surface area contributed by atoms with Gasteiger partial charge < -0.3 is 4.90 Å². The van der Waals surface area contributed by atoms with Crippen LogP contribution in [0.3, 0.4) is 0 Å². The molecule has 0 aromatic heterocycles. The summed E-state index contributed by atoms with van der Waals surface area (Å²) in [6.45, 7) is 14.0. The van der Waals surface area contributed by atoms with Crippen molar-refractivity contribution in [3.8, 4) is 55.6 Å². The molecule has 4 saturated carbocycles. The highest BCUT2D eigenvalue weighted by atomic mass is 15.1. The van der Waals surface area contributed by atoms with Gasteiger partial charge in [-0.3, -0.25) is 0 Å². The van der Waals surface area contributed by atoms with Gasteiger partial charge >= 0.3 is 0 Å². The van der Waals surface area contributed by atoms with Gasteiger partial charge in [-0.15, -0.1) is 0 Å². The van der Waals surface area contributed by atoms with E-state index in [-0.39, 0.29) is 16.2 Å². The van der Waals surface area contributed by atoms with Gasteiger partial charge in [0.25, 0.3) is 0 Å². The molecule has 348 valence electrons. The quantitative estimate of drug-likeness (QED) is 0.154. The summed E-state index contributed by atoms with van der Waals surface area (Å²) >= 11 is 0. The second-order valence-electron chi connectivity index (χ2n) is 24.1. The van der Waals surface area contributed by atoms with E-state index in [2.05, 4.69) is 247 Å². The average Bonchev–Trinajstić information content (AvgIpc) is 4.08. The largest absolute Gasteiger partial charge is 0.309 e. The summed E-state index contributed by atoms with van der Waals surface area (Å²) in [5, 5.41) is 2.52. The van der Waals surface area contributed by atoms with Gasteiger partial charge in [0.15, 0.2) is 0 Å². The number of fused-ring (bicyclic) bond motifs is 9. The molecule has 9 aromatic carbocycles. The molecule has 1 heteroatoms. The smallest absolute Gasteiger partial charge is 0.0540 e. The number of anilines is 3. The lowest BCUT2D eigenvalue weighted by Gasteiger charge is -2.76. The molecule has 0 saturated heterocycles. The Hall–Kier alpha value is -6.96. The maximum absolute atomic E-state index is 2.67. The first kappa shape index (κ1) is 42.9. The Balaban J connectivity index is 0.992. The number of nitrogens with zero attached hydrogens (tertiary/aromatic N) is 1. The zero-order valence-corrected chi connectivity index (χ0v) is 42.1. The van der Waals surface area contributed by atoms with Crippen LogP contribution in [0.5, 0.6) is 0 Å². The molecule has 0 radical (unpaired) electrons. The standard InChI is InChI=1S/C70H63N/c1-67(2,3)49-38-48(39-50(41-49)68(4,5)6)54-28-18-22-46-23-19-29-58(66(46)54)57-27-13-17-33-63(57)71(61-31-15-11-24-52(61)45-20-8-7-9-21-45)62-32-16-12-25-53(62)47-34-35-56-55-26-10-14-30-59(55)70(60(56)40-47)64-37-44-36-51-42-65(70)69(51,64)43-44/h7-35,38-41,44,51,64-65H,36-37,42-43H2,1-6H3. The van der Waals surface area contributed by atoms with Crippen LogP contribution < -0.4 is 4.90 Å². The predicted octanol–water partition coefficient (Wildman–Crippen LogP) is 18.9. The van der Waals surface area contributed by atoms with Gasteiger partial charge in [-0.05, 0) is 162 Å². The topological polar surface area (TPSA) is 3.24 Å². The molecule has 14 rings (SSSR count). The minimum atomic E-state index is -0.00404. The van der Waals surface area contributed by atoms with E-state index in [1.807, 2.05) is 0 Å². The van der Waals surface area contributed by atoms with E-state index >= 15 is 0 Å². The molecule has 0 N–H and O–H groups in total. The van der Waals surface area contributed by atoms with Crippen molar-refractivity contribution in [1.29, 1.82) is 0 Å². The number of hydrogen-bond acceptors (Lipinski definition) is 1. The minimum absolute atomic E-state index is 0.00404. The third-order valence-electron chi connectivity index (χ3n) is 18.6. The lowest BCUT2D eigenvalue weighted by molar-refractivity contribution is -0.231. The molecule has 4 fully saturated rings. The predicted molar refractivity (Wildman–Crippen MR) is 299 cm³/mol. The maximum atomic E-state index is 2.67. The second-order valence-corrected chi connectivity index (χ2v) is 24.1.